The van der Waals surface area contributed by atoms with E-state index in [0.29, 0.717) is 0 Å². The molecule has 0 aliphatic rings. The Hall–Kier alpha value is -0.0262. The Labute approximate surface area is 104 Å². The average molecular weight is 259 g/mol. The van der Waals surface area contributed by atoms with Crippen molar-refractivity contribution in [2.24, 2.45) is 0 Å². The molecule has 0 aliphatic heterocycles. The van der Waals surface area contributed by atoms with Crippen molar-refractivity contribution in [1.82, 2.24) is 0 Å². The number of rotatable bonds is 7. The Bertz CT molecular complexity index is 221. The number of allylic oxidation sites excluding steroid dienone is 1. The van der Waals surface area contributed by atoms with E-state index in [-0.39, 0.29) is 0 Å². The molecule has 0 atom stereocenters. The lowest BCUT2D eigenvalue weighted by molar-refractivity contribution is 0.393. The van der Waals surface area contributed by atoms with Gasteiger partial charge in [-0.2, -0.15) is 0 Å². The first-order valence-electron chi connectivity index (χ1n) is 6.55. The van der Waals surface area contributed by atoms with Crippen LogP contribution in [0.3, 0.4) is 0 Å². The second-order valence-electron chi connectivity index (χ2n) is 6.65. The summed E-state index contributed by atoms with van der Waals surface area (Å²) >= 11 is 0. The molecule has 0 saturated heterocycles. The third-order valence-electron chi connectivity index (χ3n) is 2.06. The first-order chi connectivity index (χ1) is 7.14. The molecule has 0 spiro atoms. The Morgan fingerprint density at radius 3 is 1.94 bits per heavy atom. The van der Waals surface area contributed by atoms with Crippen molar-refractivity contribution in [1.29, 1.82) is 0 Å². The third kappa shape index (κ3) is 10.5. The molecule has 3 heteroatoms. The number of hydrogen-bond acceptors (Lipinski definition) is 1. The predicted octanol–water partition coefficient (Wildman–Crippen LogP) is 5.18. The van der Waals surface area contributed by atoms with Gasteiger partial charge in [0.15, 0.2) is 0 Å². The molecular weight excluding hydrogens is 228 g/mol. The minimum absolute atomic E-state index is 1.14. The molecule has 0 aromatic carbocycles. The van der Waals surface area contributed by atoms with Crippen molar-refractivity contribution < 1.29 is 4.43 Å². The van der Waals surface area contributed by atoms with Gasteiger partial charge in [0, 0.05) is 6.42 Å². The maximum atomic E-state index is 6.20. The predicted molar refractivity (Wildman–Crippen MR) is 80.0 cm³/mol. The van der Waals surface area contributed by atoms with Gasteiger partial charge in [-0.3, -0.25) is 0 Å². The summed E-state index contributed by atoms with van der Waals surface area (Å²) < 4.78 is 6.20. The monoisotopic (exact) mass is 258 g/mol. The quantitative estimate of drug-likeness (QED) is 0.347. The normalized spacial score (nSPS) is 14.1. The van der Waals surface area contributed by atoms with Crippen molar-refractivity contribution in [3.63, 3.8) is 0 Å². The van der Waals surface area contributed by atoms with Crippen LogP contribution in [0.15, 0.2) is 11.5 Å². The van der Waals surface area contributed by atoms with Crippen LogP contribution in [-0.2, 0) is 4.43 Å². The standard InChI is InChI=1S/C13H30OSi2/c1-8-9-10-11-13(12-15(2,3)4)14-16(5,6)7/h12H,8-11H2,1-7H3. The highest BCUT2D eigenvalue weighted by atomic mass is 28.4. The van der Waals surface area contributed by atoms with E-state index in [1.54, 1.807) is 0 Å². The summed E-state index contributed by atoms with van der Waals surface area (Å²) in [6, 6.07) is 0. The molecule has 0 heterocycles. The van der Waals surface area contributed by atoms with Crippen LogP contribution in [0.2, 0.25) is 39.3 Å². The second kappa shape index (κ2) is 6.65. The van der Waals surface area contributed by atoms with Crippen molar-refractivity contribution >= 4 is 16.4 Å². The van der Waals surface area contributed by atoms with Crippen LogP contribution >= 0.6 is 0 Å². The highest BCUT2D eigenvalue weighted by Gasteiger charge is 2.19. The molecular formula is C13H30OSi2. The summed E-state index contributed by atoms with van der Waals surface area (Å²) in [5, 5.41) is 0. The van der Waals surface area contributed by atoms with Gasteiger partial charge in [-0.05, 0) is 26.1 Å². The van der Waals surface area contributed by atoms with E-state index in [2.05, 4.69) is 51.9 Å². The Kier molecular flexibility index (Phi) is 6.64. The minimum Gasteiger partial charge on any atom is -0.548 e. The first-order valence-corrected chi connectivity index (χ1v) is 13.5. The summed E-state index contributed by atoms with van der Waals surface area (Å²) in [4.78, 5) is 0. The van der Waals surface area contributed by atoms with Crippen LogP contribution in [-0.4, -0.2) is 16.4 Å². The molecule has 0 aliphatic carbocycles. The molecule has 96 valence electrons. The number of unbranched alkanes of at least 4 members (excludes halogenated alkanes) is 2. The minimum atomic E-state index is -1.43. The summed E-state index contributed by atoms with van der Waals surface area (Å²) in [5.74, 6) is 1.28. The van der Waals surface area contributed by atoms with Crippen molar-refractivity contribution in [2.45, 2.75) is 71.9 Å². The molecule has 0 bridgehead atoms. The highest BCUT2D eigenvalue weighted by Crippen LogP contribution is 2.19. The van der Waals surface area contributed by atoms with Crippen LogP contribution in [0.25, 0.3) is 0 Å². The molecule has 16 heavy (non-hydrogen) atoms. The van der Waals surface area contributed by atoms with Crippen molar-refractivity contribution in [3.8, 4) is 0 Å². The maximum absolute atomic E-state index is 6.20. The van der Waals surface area contributed by atoms with E-state index in [9.17, 15) is 0 Å². The fourth-order valence-corrected chi connectivity index (χ4v) is 3.81. The molecule has 1 nitrogen and oxygen atoms in total. The SMILES string of the molecule is CCCCCC(=C[Si](C)(C)C)O[Si](C)(C)C. The van der Waals surface area contributed by atoms with Crippen LogP contribution in [0.4, 0.5) is 0 Å². The van der Waals surface area contributed by atoms with Crippen molar-refractivity contribution in [2.75, 3.05) is 0 Å². The summed E-state index contributed by atoms with van der Waals surface area (Å²) in [6.45, 7) is 16.2. The molecule has 0 amide bonds. The van der Waals surface area contributed by atoms with Gasteiger partial charge in [0.25, 0.3) is 0 Å². The molecule has 0 aromatic rings. The third-order valence-corrected chi connectivity index (χ3v) is 4.12. The average Bonchev–Trinajstić information content (AvgIpc) is 1.97. The van der Waals surface area contributed by atoms with Gasteiger partial charge in [0.2, 0.25) is 8.32 Å². The molecule has 0 N–H and O–H groups in total. The van der Waals surface area contributed by atoms with Gasteiger partial charge in [0.05, 0.1) is 13.8 Å². The molecule has 0 aromatic heterocycles. The Morgan fingerprint density at radius 1 is 1.00 bits per heavy atom. The van der Waals surface area contributed by atoms with Crippen LogP contribution < -0.4 is 0 Å². The van der Waals surface area contributed by atoms with E-state index in [1.165, 1.54) is 25.0 Å². The van der Waals surface area contributed by atoms with E-state index in [1.807, 2.05) is 0 Å². The zero-order valence-corrected chi connectivity index (χ0v) is 14.3. The second-order valence-corrected chi connectivity index (χ2v) is 16.1. The highest BCUT2D eigenvalue weighted by molar-refractivity contribution is 6.81. The largest absolute Gasteiger partial charge is 0.548 e. The van der Waals surface area contributed by atoms with Crippen LogP contribution in [0.1, 0.15) is 32.6 Å². The van der Waals surface area contributed by atoms with Gasteiger partial charge in [-0.25, -0.2) is 0 Å². The smallest absolute Gasteiger partial charge is 0.241 e. The van der Waals surface area contributed by atoms with Crippen LogP contribution in [0.5, 0.6) is 0 Å². The Balaban J connectivity index is 4.46. The van der Waals surface area contributed by atoms with E-state index in [0.717, 1.165) is 6.42 Å². The Morgan fingerprint density at radius 2 is 1.56 bits per heavy atom. The van der Waals surface area contributed by atoms with Gasteiger partial charge in [-0.15, -0.1) is 0 Å². The van der Waals surface area contributed by atoms with E-state index in [4.69, 9.17) is 4.43 Å². The molecule has 0 unspecified atom stereocenters. The van der Waals surface area contributed by atoms with E-state index >= 15 is 0 Å². The fourth-order valence-electron chi connectivity index (χ4n) is 1.58. The van der Waals surface area contributed by atoms with Gasteiger partial charge >= 0.3 is 0 Å². The summed E-state index contributed by atoms with van der Waals surface area (Å²) in [5.41, 5.74) is 2.45. The molecule has 0 radical (unpaired) electrons. The fraction of sp³-hybridized carbons (Fsp3) is 0.846. The first kappa shape index (κ1) is 16.0. The molecule has 0 fully saturated rings. The summed E-state index contributed by atoms with van der Waals surface area (Å²) in [7, 11) is -2.57. The van der Waals surface area contributed by atoms with Gasteiger partial charge < -0.3 is 4.43 Å². The van der Waals surface area contributed by atoms with Gasteiger partial charge in [0.1, 0.15) is 0 Å². The lowest BCUT2D eigenvalue weighted by Gasteiger charge is -2.24. The zero-order chi connectivity index (χ0) is 12.8. The topological polar surface area (TPSA) is 9.23 Å². The summed E-state index contributed by atoms with van der Waals surface area (Å²) in [6.07, 6.45) is 5.02. The van der Waals surface area contributed by atoms with Crippen LogP contribution in [0, 0.1) is 0 Å². The zero-order valence-electron chi connectivity index (χ0n) is 12.3. The van der Waals surface area contributed by atoms with Gasteiger partial charge in [-0.1, -0.05) is 45.1 Å². The lowest BCUT2D eigenvalue weighted by Crippen LogP contribution is -2.27. The lowest BCUT2D eigenvalue weighted by atomic mass is 10.2. The molecule has 0 rings (SSSR count). The number of hydrogen-bond donors (Lipinski definition) is 0. The van der Waals surface area contributed by atoms with E-state index < -0.39 is 16.4 Å². The van der Waals surface area contributed by atoms with Crippen molar-refractivity contribution in [3.05, 3.63) is 11.5 Å². The molecule has 0 saturated carbocycles. The maximum Gasteiger partial charge on any atom is 0.241 e.